The second-order valence-corrected chi connectivity index (χ2v) is 6.75. The molecule has 0 aliphatic heterocycles. The highest BCUT2D eigenvalue weighted by atomic mass is 32.1. The summed E-state index contributed by atoms with van der Waals surface area (Å²) in [6.45, 7) is 5.28. The standard InChI is InChI=1S/C16H18N2O5S/c1-16(2,3)23-15(21)18-14-17-11(8-24-14)10-7-9(13(20)22-4)5-6-12(10)19/h5-8,19H,1-4H3,(H,17,18,21). The lowest BCUT2D eigenvalue weighted by molar-refractivity contribution is 0.0598. The van der Waals surface area contributed by atoms with Crippen LogP contribution >= 0.6 is 11.3 Å². The van der Waals surface area contributed by atoms with Crippen molar-refractivity contribution >= 4 is 28.5 Å². The van der Waals surface area contributed by atoms with Gasteiger partial charge in [0, 0.05) is 10.9 Å². The van der Waals surface area contributed by atoms with Gasteiger partial charge < -0.3 is 14.6 Å². The Hall–Kier alpha value is -2.61. The fourth-order valence-electron chi connectivity index (χ4n) is 1.83. The number of phenolic OH excluding ortho intramolecular Hbond substituents is 1. The topological polar surface area (TPSA) is 97.8 Å². The molecule has 0 atom stereocenters. The molecule has 2 aromatic rings. The summed E-state index contributed by atoms with van der Waals surface area (Å²) in [4.78, 5) is 27.6. The molecule has 7 nitrogen and oxygen atoms in total. The summed E-state index contributed by atoms with van der Waals surface area (Å²) in [6, 6.07) is 4.33. The van der Waals surface area contributed by atoms with E-state index in [2.05, 4.69) is 15.0 Å². The minimum absolute atomic E-state index is 0.0308. The number of carbonyl (C=O) groups excluding carboxylic acids is 2. The summed E-state index contributed by atoms with van der Waals surface area (Å²) in [5.41, 5.74) is 0.470. The van der Waals surface area contributed by atoms with E-state index in [0.29, 0.717) is 22.0 Å². The quantitative estimate of drug-likeness (QED) is 0.820. The number of benzene rings is 1. The molecule has 24 heavy (non-hydrogen) atoms. The molecule has 1 aromatic carbocycles. The Bertz CT molecular complexity index is 764. The lowest BCUT2D eigenvalue weighted by atomic mass is 10.1. The van der Waals surface area contributed by atoms with Gasteiger partial charge in [-0.2, -0.15) is 0 Å². The van der Waals surface area contributed by atoms with E-state index in [1.807, 2.05) is 0 Å². The number of phenols is 1. The van der Waals surface area contributed by atoms with E-state index in [0.717, 1.165) is 0 Å². The van der Waals surface area contributed by atoms with Crippen LogP contribution in [0.2, 0.25) is 0 Å². The molecule has 0 fully saturated rings. The van der Waals surface area contributed by atoms with Crippen molar-refractivity contribution in [3.05, 3.63) is 29.1 Å². The van der Waals surface area contributed by atoms with Gasteiger partial charge in [0.15, 0.2) is 5.13 Å². The predicted octanol–water partition coefficient (Wildman–Crippen LogP) is 3.65. The number of nitrogens with one attached hydrogen (secondary N) is 1. The van der Waals surface area contributed by atoms with E-state index in [1.54, 1.807) is 26.2 Å². The van der Waals surface area contributed by atoms with Crippen LogP contribution in [0.1, 0.15) is 31.1 Å². The third-order valence-electron chi connectivity index (χ3n) is 2.81. The van der Waals surface area contributed by atoms with Crippen LogP contribution in [0.3, 0.4) is 0 Å². The van der Waals surface area contributed by atoms with Gasteiger partial charge in [-0.05, 0) is 39.0 Å². The third kappa shape index (κ3) is 4.45. The molecule has 0 saturated carbocycles. The van der Waals surface area contributed by atoms with Crippen molar-refractivity contribution in [2.75, 3.05) is 12.4 Å². The average molecular weight is 350 g/mol. The van der Waals surface area contributed by atoms with Crippen molar-refractivity contribution < 1.29 is 24.2 Å². The van der Waals surface area contributed by atoms with Gasteiger partial charge in [0.2, 0.25) is 0 Å². The molecule has 1 aromatic heterocycles. The van der Waals surface area contributed by atoms with E-state index in [4.69, 9.17) is 4.74 Å². The van der Waals surface area contributed by atoms with Gasteiger partial charge in [-0.1, -0.05) is 0 Å². The van der Waals surface area contributed by atoms with Gasteiger partial charge in [-0.3, -0.25) is 5.32 Å². The number of carbonyl (C=O) groups is 2. The average Bonchev–Trinajstić information content (AvgIpc) is 2.93. The van der Waals surface area contributed by atoms with Crippen LogP contribution in [-0.4, -0.2) is 34.9 Å². The molecule has 0 radical (unpaired) electrons. The third-order valence-corrected chi connectivity index (χ3v) is 3.56. The first-order chi connectivity index (χ1) is 11.2. The van der Waals surface area contributed by atoms with Crippen LogP contribution in [0, 0.1) is 0 Å². The second-order valence-electron chi connectivity index (χ2n) is 5.89. The van der Waals surface area contributed by atoms with Gasteiger partial charge in [0.25, 0.3) is 0 Å². The molecule has 0 saturated heterocycles. The second kappa shape index (κ2) is 6.88. The molecule has 8 heteroatoms. The van der Waals surface area contributed by atoms with E-state index < -0.39 is 17.7 Å². The number of esters is 1. The van der Waals surface area contributed by atoms with Crippen LogP contribution in [-0.2, 0) is 9.47 Å². The Morgan fingerprint density at radius 1 is 1.29 bits per heavy atom. The first-order valence-electron chi connectivity index (χ1n) is 7.07. The summed E-state index contributed by atoms with van der Waals surface area (Å²) in [6.07, 6.45) is -0.615. The summed E-state index contributed by atoms with van der Waals surface area (Å²) in [7, 11) is 1.28. The maximum atomic E-state index is 11.7. The van der Waals surface area contributed by atoms with E-state index in [9.17, 15) is 14.7 Å². The minimum atomic E-state index is -0.615. The Balaban J connectivity index is 2.21. The van der Waals surface area contributed by atoms with Crippen LogP contribution in [0.15, 0.2) is 23.6 Å². The fourth-order valence-corrected chi connectivity index (χ4v) is 2.53. The van der Waals surface area contributed by atoms with Crippen molar-refractivity contribution in [2.45, 2.75) is 26.4 Å². The number of hydrogen-bond acceptors (Lipinski definition) is 7. The monoisotopic (exact) mass is 350 g/mol. The Morgan fingerprint density at radius 3 is 2.62 bits per heavy atom. The zero-order valence-corrected chi connectivity index (χ0v) is 14.6. The van der Waals surface area contributed by atoms with Gasteiger partial charge in [0.1, 0.15) is 11.4 Å². The Morgan fingerprint density at radius 2 is 2.00 bits per heavy atom. The van der Waals surface area contributed by atoms with E-state index >= 15 is 0 Å². The van der Waals surface area contributed by atoms with Crippen molar-refractivity contribution in [1.29, 1.82) is 0 Å². The zero-order valence-electron chi connectivity index (χ0n) is 13.7. The molecule has 0 unspecified atom stereocenters. The molecule has 1 amide bonds. The summed E-state index contributed by atoms with van der Waals surface area (Å²) < 4.78 is 9.81. The Labute approximate surface area is 143 Å². The number of thiazole rings is 1. The summed E-state index contributed by atoms with van der Waals surface area (Å²) in [5, 5.41) is 14.5. The number of aromatic hydroxyl groups is 1. The number of hydrogen-bond donors (Lipinski definition) is 2. The van der Waals surface area contributed by atoms with Gasteiger partial charge in [-0.25, -0.2) is 14.6 Å². The van der Waals surface area contributed by atoms with Crippen molar-refractivity contribution in [2.24, 2.45) is 0 Å². The first-order valence-corrected chi connectivity index (χ1v) is 7.95. The molecule has 128 valence electrons. The predicted molar refractivity (Wildman–Crippen MR) is 90.4 cm³/mol. The summed E-state index contributed by atoms with van der Waals surface area (Å²) in [5.74, 6) is -0.546. The van der Waals surface area contributed by atoms with E-state index in [-0.39, 0.29) is 5.75 Å². The number of nitrogens with zero attached hydrogens (tertiary/aromatic N) is 1. The molecule has 0 aliphatic carbocycles. The number of ether oxygens (including phenoxy) is 2. The highest BCUT2D eigenvalue weighted by Crippen LogP contribution is 2.32. The number of methoxy groups -OCH3 is 1. The Kier molecular flexibility index (Phi) is 5.08. The number of aromatic nitrogens is 1. The van der Waals surface area contributed by atoms with Crippen LogP contribution in [0.4, 0.5) is 9.93 Å². The lowest BCUT2D eigenvalue weighted by Gasteiger charge is -2.18. The molecular formula is C16H18N2O5S. The van der Waals surface area contributed by atoms with Crippen molar-refractivity contribution in [3.8, 4) is 17.0 Å². The largest absolute Gasteiger partial charge is 0.507 e. The van der Waals surface area contributed by atoms with Crippen LogP contribution in [0.5, 0.6) is 5.75 Å². The van der Waals surface area contributed by atoms with Crippen LogP contribution < -0.4 is 5.32 Å². The van der Waals surface area contributed by atoms with Crippen molar-refractivity contribution in [1.82, 2.24) is 4.98 Å². The first kappa shape index (κ1) is 17.7. The van der Waals surface area contributed by atoms with Gasteiger partial charge in [0.05, 0.1) is 18.4 Å². The molecule has 1 heterocycles. The lowest BCUT2D eigenvalue weighted by Crippen LogP contribution is -2.27. The number of amides is 1. The molecular weight excluding hydrogens is 332 g/mol. The number of rotatable bonds is 3. The maximum absolute atomic E-state index is 11.7. The zero-order chi connectivity index (χ0) is 17.9. The smallest absolute Gasteiger partial charge is 0.413 e. The molecule has 0 aliphatic rings. The molecule has 0 bridgehead atoms. The van der Waals surface area contributed by atoms with Crippen molar-refractivity contribution in [3.63, 3.8) is 0 Å². The van der Waals surface area contributed by atoms with E-state index in [1.165, 1.54) is 36.6 Å². The van der Waals surface area contributed by atoms with Gasteiger partial charge in [-0.15, -0.1) is 11.3 Å². The normalized spacial score (nSPS) is 11.0. The molecule has 0 spiro atoms. The minimum Gasteiger partial charge on any atom is -0.507 e. The SMILES string of the molecule is COC(=O)c1ccc(O)c(-c2csc(NC(=O)OC(C)(C)C)n2)c1. The number of anilines is 1. The summed E-state index contributed by atoms with van der Waals surface area (Å²) >= 11 is 1.18. The maximum Gasteiger partial charge on any atom is 0.413 e. The fraction of sp³-hybridized carbons (Fsp3) is 0.312. The van der Waals surface area contributed by atoms with Gasteiger partial charge >= 0.3 is 12.1 Å². The highest BCUT2D eigenvalue weighted by Gasteiger charge is 2.18. The highest BCUT2D eigenvalue weighted by molar-refractivity contribution is 7.14. The molecule has 2 rings (SSSR count). The van der Waals surface area contributed by atoms with Crippen LogP contribution in [0.25, 0.3) is 11.3 Å². The molecule has 2 N–H and O–H groups in total.